The SMILES string of the molecule is CC#CC(O)(C(=O)N[C@H]1C[N+]2(CCCOc3ccc4c(c3)OCO4)CCC1CC2)c1ccco1.[Br-]. The number of hydrogen-bond donors (Lipinski definition) is 2. The molecule has 2 atom stereocenters. The minimum atomic E-state index is -1.98. The first-order valence-electron chi connectivity index (χ1n) is 11.9. The van der Waals surface area contributed by atoms with Crippen LogP contribution in [-0.4, -0.2) is 61.1 Å². The molecule has 2 aromatic rings. The van der Waals surface area contributed by atoms with Crippen LogP contribution in [0, 0.1) is 17.8 Å². The lowest BCUT2D eigenvalue weighted by Crippen LogP contribution is -3.00. The molecule has 2 bridgehead atoms. The van der Waals surface area contributed by atoms with E-state index in [1.165, 1.54) is 6.26 Å². The summed E-state index contributed by atoms with van der Waals surface area (Å²) in [4.78, 5) is 13.1. The Balaban J connectivity index is 0.00000289. The number of quaternary nitrogens is 1. The zero-order valence-corrected chi connectivity index (χ0v) is 21.4. The number of halogens is 1. The van der Waals surface area contributed by atoms with Crippen molar-refractivity contribution in [3.8, 4) is 29.1 Å². The molecule has 4 aliphatic heterocycles. The van der Waals surface area contributed by atoms with Crippen molar-refractivity contribution in [2.45, 2.75) is 37.8 Å². The van der Waals surface area contributed by atoms with E-state index in [0.717, 1.165) is 67.2 Å². The second-order valence-electron chi connectivity index (χ2n) is 9.39. The maximum Gasteiger partial charge on any atom is 0.273 e. The van der Waals surface area contributed by atoms with Crippen LogP contribution in [0.1, 0.15) is 31.9 Å². The fraction of sp³-hybridized carbons (Fsp3) is 0.500. The molecule has 8 nitrogen and oxygen atoms in total. The van der Waals surface area contributed by atoms with Crippen molar-refractivity contribution in [2.24, 2.45) is 5.92 Å². The number of rotatable bonds is 8. The van der Waals surface area contributed by atoms with Gasteiger partial charge in [0.15, 0.2) is 17.3 Å². The normalized spacial score (nSPS) is 25.5. The van der Waals surface area contributed by atoms with Crippen LogP contribution in [0.25, 0.3) is 0 Å². The number of carbonyl (C=O) groups excluding carboxylic acids is 1. The molecular weight excluding hydrogens is 516 g/mol. The van der Waals surface area contributed by atoms with Crippen molar-refractivity contribution >= 4 is 5.91 Å². The number of amides is 1. The van der Waals surface area contributed by atoms with Crippen LogP contribution in [0.4, 0.5) is 0 Å². The van der Waals surface area contributed by atoms with Gasteiger partial charge in [-0.15, -0.1) is 5.92 Å². The summed E-state index contributed by atoms with van der Waals surface area (Å²) in [5.74, 6) is 7.60. The standard InChI is InChI=1S/C26H30N2O6.BrH/c1-2-10-26(30,24-5-3-14-32-24)25(29)27-21-17-28(12-8-19(21)9-13-28)11-4-15-31-20-6-7-22-23(16-20)34-18-33-22;/h3,5-7,14,16,19,21,30H,4,8-9,11-13,15,17-18H2,1H3;1H/t19?,21-,26?,28?;/m0./s1. The molecule has 0 saturated carbocycles. The third-order valence-corrected chi connectivity index (χ3v) is 7.32. The fourth-order valence-electron chi connectivity index (χ4n) is 5.49. The van der Waals surface area contributed by atoms with Crippen molar-refractivity contribution in [2.75, 3.05) is 39.6 Å². The summed E-state index contributed by atoms with van der Waals surface area (Å²) in [6, 6.07) is 8.86. The van der Waals surface area contributed by atoms with Gasteiger partial charge in [0.05, 0.1) is 45.1 Å². The Morgan fingerprint density at radius 1 is 1.26 bits per heavy atom. The first kappa shape index (κ1) is 25.4. The van der Waals surface area contributed by atoms with Crippen LogP contribution in [0.5, 0.6) is 17.2 Å². The molecule has 5 heterocycles. The monoisotopic (exact) mass is 546 g/mol. The van der Waals surface area contributed by atoms with Gasteiger partial charge in [-0.2, -0.15) is 0 Å². The molecule has 1 amide bonds. The molecule has 3 saturated heterocycles. The molecule has 0 spiro atoms. The number of furan rings is 1. The van der Waals surface area contributed by atoms with E-state index in [0.29, 0.717) is 12.5 Å². The molecule has 1 aromatic carbocycles. The number of nitrogens with one attached hydrogen (secondary N) is 1. The van der Waals surface area contributed by atoms with Crippen LogP contribution in [0.15, 0.2) is 41.0 Å². The lowest BCUT2D eigenvalue weighted by atomic mass is 9.81. The Bertz CT molecular complexity index is 1090. The Hall–Kier alpha value is -2.67. The number of fused-ring (bicyclic) bond motifs is 4. The third kappa shape index (κ3) is 5.15. The molecule has 6 rings (SSSR count). The molecule has 188 valence electrons. The maximum absolute atomic E-state index is 13.1. The van der Waals surface area contributed by atoms with Gasteiger partial charge < -0.3 is 50.5 Å². The zero-order chi connectivity index (χ0) is 23.6. The summed E-state index contributed by atoms with van der Waals surface area (Å²) in [6.07, 6.45) is 4.47. The molecule has 0 aliphatic carbocycles. The van der Waals surface area contributed by atoms with Gasteiger partial charge in [-0.25, -0.2) is 0 Å². The lowest BCUT2D eigenvalue weighted by molar-refractivity contribution is -0.944. The number of carbonyl (C=O) groups is 1. The van der Waals surface area contributed by atoms with E-state index >= 15 is 0 Å². The second kappa shape index (κ2) is 10.5. The summed E-state index contributed by atoms with van der Waals surface area (Å²) in [7, 11) is 0. The van der Waals surface area contributed by atoms with Gasteiger partial charge in [-0.1, -0.05) is 5.92 Å². The van der Waals surface area contributed by atoms with Gasteiger partial charge in [0.1, 0.15) is 5.75 Å². The van der Waals surface area contributed by atoms with Crippen molar-refractivity contribution in [3.63, 3.8) is 0 Å². The van der Waals surface area contributed by atoms with Crippen LogP contribution < -0.4 is 36.5 Å². The van der Waals surface area contributed by atoms with Gasteiger partial charge >= 0.3 is 0 Å². The molecule has 4 aliphatic rings. The van der Waals surface area contributed by atoms with Crippen molar-refractivity contribution in [1.29, 1.82) is 0 Å². The average molecular weight is 547 g/mol. The van der Waals surface area contributed by atoms with Crippen molar-refractivity contribution in [1.82, 2.24) is 5.32 Å². The molecule has 1 unspecified atom stereocenters. The first-order valence-corrected chi connectivity index (χ1v) is 11.9. The number of aliphatic hydroxyl groups is 1. The summed E-state index contributed by atoms with van der Waals surface area (Å²) >= 11 is 0. The highest BCUT2D eigenvalue weighted by atomic mass is 79.9. The maximum atomic E-state index is 13.1. The van der Waals surface area contributed by atoms with Crippen LogP contribution in [0.3, 0.4) is 0 Å². The summed E-state index contributed by atoms with van der Waals surface area (Å²) in [6.45, 7) is 6.53. The summed E-state index contributed by atoms with van der Waals surface area (Å²) in [5.41, 5.74) is -1.98. The number of nitrogens with zero attached hydrogens (tertiary/aromatic N) is 1. The zero-order valence-electron chi connectivity index (χ0n) is 19.8. The van der Waals surface area contributed by atoms with E-state index in [-0.39, 0.29) is 35.6 Å². The molecule has 9 heteroatoms. The Morgan fingerprint density at radius 3 is 2.80 bits per heavy atom. The predicted molar refractivity (Wildman–Crippen MR) is 123 cm³/mol. The van der Waals surface area contributed by atoms with E-state index in [1.807, 2.05) is 18.2 Å². The quantitative estimate of drug-likeness (QED) is 0.261. The number of hydrogen-bond acceptors (Lipinski definition) is 6. The molecule has 2 N–H and O–H groups in total. The van der Waals surface area contributed by atoms with E-state index in [9.17, 15) is 9.90 Å². The number of piperidine rings is 3. The van der Waals surface area contributed by atoms with Gasteiger partial charge in [0, 0.05) is 25.3 Å². The number of ether oxygens (including phenoxy) is 3. The number of benzene rings is 1. The topological polar surface area (TPSA) is 90.2 Å². The Labute approximate surface area is 215 Å². The fourth-order valence-corrected chi connectivity index (χ4v) is 5.49. The largest absolute Gasteiger partial charge is 1.00 e. The van der Waals surface area contributed by atoms with Gasteiger partial charge in [-0.05, 0) is 37.1 Å². The predicted octanol–water partition coefficient (Wildman–Crippen LogP) is -0.582. The molecule has 0 radical (unpaired) electrons. The van der Waals surface area contributed by atoms with Crippen LogP contribution in [-0.2, 0) is 10.4 Å². The minimum Gasteiger partial charge on any atom is -1.00 e. The first-order chi connectivity index (χ1) is 16.5. The average Bonchev–Trinajstić information content (AvgIpc) is 3.55. The molecule has 1 aromatic heterocycles. The highest BCUT2D eigenvalue weighted by molar-refractivity contribution is 5.89. The van der Waals surface area contributed by atoms with Crippen molar-refractivity contribution < 1.29 is 50.0 Å². The minimum absolute atomic E-state index is 0. The van der Waals surface area contributed by atoms with E-state index in [1.54, 1.807) is 19.1 Å². The van der Waals surface area contributed by atoms with Gasteiger partial charge in [0.2, 0.25) is 6.79 Å². The Morgan fingerprint density at radius 2 is 2.06 bits per heavy atom. The Kier molecular flexibility index (Phi) is 7.64. The lowest BCUT2D eigenvalue weighted by Gasteiger charge is -2.53. The summed E-state index contributed by atoms with van der Waals surface area (Å²) < 4.78 is 23.0. The van der Waals surface area contributed by atoms with E-state index in [2.05, 4.69) is 17.2 Å². The van der Waals surface area contributed by atoms with E-state index < -0.39 is 11.5 Å². The highest BCUT2D eigenvalue weighted by Gasteiger charge is 2.48. The van der Waals surface area contributed by atoms with Crippen LogP contribution in [0.2, 0.25) is 0 Å². The molecular formula is C26H31BrN2O6. The molecule has 3 fully saturated rings. The molecule has 35 heavy (non-hydrogen) atoms. The van der Waals surface area contributed by atoms with Crippen LogP contribution >= 0.6 is 0 Å². The van der Waals surface area contributed by atoms with Crippen molar-refractivity contribution in [3.05, 3.63) is 42.4 Å². The summed E-state index contributed by atoms with van der Waals surface area (Å²) in [5, 5.41) is 14.1. The van der Waals surface area contributed by atoms with Gasteiger partial charge in [-0.3, -0.25) is 4.79 Å². The van der Waals surface area contributed by atoms with Gasteiger partial charge in [0.25, 0.3) is 11.5 Å². The third-order valence-electron chi connectivity index (χ3n) is 7.32. The smallest absolute Gasteiger partial charge is 0.273 e. The second-order valence-corrected chi connectivity index (χ2v) is 9.39. The highest BCUT2D eigenvalue weighted by Crippen LogP contribution is 2.36. The van der Waals surface area contributed by atoms with E-state index in [4.69, 9.17) is 18.6 Å².